The lowest BCUT2D eigenvalue weighted by atomic mass is 10.1. The number of hydrogen-bond donors (Lipinski definition) is 1. The molecule has 0 radical (unpaired) electrons. The van der Waals surface area contributed by atoms with Crippen LogP contribution in [0.15, 0.2) is 11.7 Å². The Bertz CT molecular complexity index is 312. The lowest BCUT2D eigenvalue weighted by Crippen LogP contribution is -2.40. The van der Waals surface area contributed by atoms with Crippen LogP contribution in [-0.2, 0) is 10.2 Å². The summed E-state index contributed by atoms with van der Waals surface area (Å²) < 4.78 is 46.6. The van der Waals surface area contributed by atoms with Crippen LogP contribution < -0.4 is 5.14 Å². The van der Waals surface area contributed by atoms with Crippen LogP contribution >= 0.6 is 0 Å². The van der Waals surface area contributed by atoms with Crippen LogP contribution in [-0.4, -0.2) is 25.8 Å². The van der Waals surface area contributed by atoms with Crippen molar-refractivity contribution in [1.29, 1.82) is 0 Å². The van der Waals surface area contributed by atoms with E-state index in [0.29, 0.717) is 0 Å². The van der Waals surface area contributed by atoms with Gasteiger partial charge in [-0.15, -0.1) is 0 Å². The third kappa shape index (κ3) is 2.71. The topological polar surface area (TPSA) is 63.4 Å². The Morgan fingerprint density at radius 3 is 2.08 bits per heavy atom. The fraction of sp³-hybridized carbons (Fsp3) is 0.667. The van der Waals surface area contributed by atoms with Gasteiger partial charge in [-0.05, 0) is 18.4 Å². The van der Waals surface area contributed by atoms with Crippen molar-refractivity contribution < 1.29 is 17.2 Å². The van der Waals surface area contributed by atoms with E-state index in [4.69, 9.17) is 5.14 Å². The van der Waals surface area contributed by atoms with Crippen LogP contribution in [0.2, 0.25) is 0 Å². The zero-order chi connectivity index (χ0) is 10.1. The standard InChI is InChI=1S/C6H10F2N2O2S/c7-6(8)5-1-3-10(4-2-5)13(9,11)12/h1-4H2,(H2,9,11,12). The second-order valence-electron chi connectivity index (χ2n) is 2.81. The highest BCUT2D eigenvalue weighted by molar-refractivity contribution is 7.86. The largest absolute Gasteiger partial charge is 0.276 e. The minimum Gasteiger partial charge on any atom is -0.216 e. The molecule has 0 bridgehead atoms. The van der Waals surface area contributed by atoms with Crippen LogP contribution in [0.3, 0.4) is 0 Å². The van der Waals surface area contributed by atoms with Gasteiger partial charge >= 0.3 is 0 Å². The first-order valence-corrected chi connectivity index (χ1v) is 5.22. The highest BCUT2D eigenvalue weighted by atomic mass is 32.2. The summed E-state index contributed by atoms with van der Waals surface area (Å²) in [4.78, 5) is 0. The maximum atomic E-state index is 12.0. The first-order valence-electron chi connectivity index (χ1n) is 3.72. The van der Waals surface area contributed by atoms with E-state index in [2.05, 4.69) is 0 Å². The Labute approximate surface area is 75.2 Å². The normalized spacial score (nSPS) is 20.4. The first-order chi connectivity index (χ1) is 5.91. The van der Waals surface area contributed by atoms with Gasteiger partial charge in [0.25, 0.3) is 16.3 Å². The van der Waals surface area contributed by atoms with E-state index in [1.807, 2.05) is 0 Å². The van der Waals surface area contributed by atoms with E-state index in [-0.39, 0.29) is 31.5 Å². The van der Waals surface area contributed by atoms with Crippen molar-refractivity contribution in [3.63, 3.8) is 0 Å². The number of hydrogen-bond acceptors (Lipinski definition) is 2. The summed E-state index contributed by atoms with van der Waals surface area (Å²) in [5, 5.41) is 4.83. The lowest BCUT2D eigenvalue weighted by Gasteiger charge is -2.24. The molecule has 4 nitrogen and oxygen atoms in total. The maximum Gasteiger partial charge on any atom is 0.276 e. The number of nitrogens with two attached hydrogens (primary N) is 1. The number of rotatable bonds is 1. The van der Waals surface area contributed by atoms with Crippen LogP contribution in [0.4, 0.5) is 8.78 Å². The highest BCUT2D eigenvalue weighted by Gasteiger charge is 2.23. The Morgan fingerprint density at radius 1 is 1.31 bits per heavy atom. The van der Waals surface area contributed by atoms with Crippen LogP contribution in [0, 0.1) is 0 Å². The third-order valence-electron chi connectivity index (χ3n) is 1.95. The van der Waals surface area contributed by atoms with E-state index in [1.165, 1.54) is 0 Å². The first kappa shape index (κ1) is 10.6. The summed E-state index contributed by atoms with van der Waals surface area (Å²) in [6, 6.07) is 0. The number of nitrogens with zero attached hydrogens (tertiary/aromatic N) is 1. The Morgan fingerprint density at radius 2 is 1.77 bits per heavy atom. The Hall–Kier alpha value is -0.530. The molecule has 0 amide bonds. The molecule has 76 valence electrons. The summed E-state index contributed by atoms with van der Waals surface area (Å²) in [7, 11) is -3.71. The summed E-state index contributed by atoms with van der Waals surface area (Å²) in [6.07, 6.45) is -1.56. The van der Waals surface area contributed by atoms with Gasteiger partial charge in [0.15, 0.2) is 0 Å². The number of halogens is 2. The van der Waals surface area contributed by atoms with Crippen molar-refractivity contribution in [2.45, 2.75) is 12.8 Å². The molecule has 13 heavy (non-hydrogen) atoms. The Kier molecular flexibility index (Phi) is 2.99. The fourth-order valence-electron chi connectivity index (χ4n) is 1.20. The van der Waals surface area contributed by atoms with Gasteiger partial charge in [-0.3, -0.25) is 0 Å². The van der Waals surface area contributed by atoms with Crippen molar-refractivity contribution >= 4 is 10.2 Å². The summed E-state index contributed by atoms with van der Waals surface area (Å²) >= 11 is 0. The Balaban J connectivity index is 2.64. The molecule has 7 heteroatoms. The van der Waals surface area contributed by atoms with Gasteiger partial charge in [0.05, 0.1) is 0 Å². The third-order valence-corrected chi connectivity index (χ3v) is 3.04. The molecule has 1 aliphatic rings. The molecule has 0 aromatic rings. The summed E-state index contributed by atoms with van der Waals surface area (Å²) in [6.45, 7) is 0.0943. The summed E-state index contributed by atoms with van der Waals surface area (Å²) in [5.41, 5.74) is 0.0277. The van der Waals surface area contributed by atoms with Gasteiger partial charge in [-0.2, -0.15) is 21.5 Å². The number of piperidine rings is 1. The molecule has 0 saturated carbocycles. The zero-order valence-corrected chi connectivity index (χ0v) is 7.65. The fourth-order valence-corrected chi connectivity index (χ4v) is 1.89. The lowest BCUT2D eigenvalue weighted by molar-refractivity contribution is 0.351. The van der Waals surface area contributed by atoms with Gasteiger partial charge < -0.3 is 0 Å². The smallest absolute Gasteiger partial charge is 0.216 e. The molecule has 0 aromatic heterocycles. The molecular formula is C6H10F2N2O2S. The molecule has 0 aliphatic carbocycles. The van der Waals surface area contributed by atoms with Crippen molar-refractivity contribution in [2.24, 2.45) is 5.14 Å². The minimum atomic E-state index is -3.71. The van der Waals surface area contributed by atoms with Crippen molar-refractivity contribution in [1.82, 2.24) is 4.31 Å². The van der Waals surface area contributed by atoms with Crippen molar-refractivity contribution in [3.8, 4) is 0 Å². The second-order valence-corrected chi connectivity index (χ2v) is 4.35. The van der Waals surface area contributed by atoms with Gasteiger partial charge in [-0.25, -0.2) is 5.14 Å². The average Bonchev–Trinajstić information content (AvgIpc) is 2.03. The summed E-state index contributed by atoms with van der Waals surface area (Å²) in [5.74, 6) is 0. The molecule has 1 aliphatic heterocycles. The van der Waals surface area contributed by atoms with E-state index < -0.39 is 16.3 Å². The monoisotopic (exact) mass is 212 g/mol. The average molecular weight is 212 g/mol. The molecule has 1 fully saturated rings. The molecule has 2 N–H and O–H groups in total. The second kappa shape index (κ2) is 3.69. The minimum absolute atomic E-state index is 0.0277. The van der Waals surface area contributed by atoms with Crippen molar-refractivity contribution in [3.05, 3.63) is 11.7 Å². The molecule has 0 aromatic carbocycles. The van der Waals surface area contributed by atoms with Crippen molar-refractivity contribution in [2.75, 3.05) is 13.1 Å². The molecule has 0 spiro atoms. The molecular weight excluding hydrogens is 202 g/mol. The molecule has 1 rings (SSSR count). The SMILES string of the molecule is NS(=O)(=O)N1CCC(=C(F)F)CC1. The van der Waals surface area contributed by atoms with E-state index in [0.717, 1.165) is 4.31 Å². The van der Waals surface area contributed by atoms with Crippen LogP contribution in [0.1, 0.15) is 12.8 Å². The highest BCUT2D eigenvalue weighted by Crippen LogP contribution is 2.22. The van der Waals surface area contributed by atoms with Gasteiger partial charge in [0, 0.05) is 13.1 Å². The maximum absolute atomic E-state index is 12.0. The van der Waals surface area contributed by atoms with Crippen LogP contribution in [0.5, 0.6) is 0 Å². The quantitative estimate of drug-likeness (QED) is 0.685. The van der Waals surface area contributed by atoms with Crippen LogP contribution in [0.25, 0.3) is 0 Å². The molecule has 1 saturated heterocycles. The predicted molar refractivity (Wildman–Crippen MR) is 43.2 cm³/mol. The molecule has 0 unspecified atom stereocenters. The van der Waals surface area contributed by atoms with E-state index in [1.54, 1.807) is 0 Å². The van der Waals surface area contributed by atoms with Gasteiger partial charge in [0.2, 0.25) is 0 Å². The molecule has 1 heterocycles. The predicted octanol–water partition coefficient (Wildman–Crippen LogP) is 0.436. The van der Waals surface area contributed by atoms with E-state index in [9.17, 15) is 17.2 Å². The molecule has 0 atom stereocenters. The van der Waals surface area contributed by atoms with Gasteiger partial charge in [-0.1, -0.05) is 0 Å². The van der Waals surface area contributed by atoms with E-state index >= 15 is 0 Å². The zero-order valence-electron chi connectivity index (χ0n) is 6.83. The van der Waals surface area contributed by atoms with Gasteiger partial charge in [0.1, 0.15) is 0 Å².